The Bertz CT molecular complexity index is 373. The van der Waals surface area contributed by atoms with Crippen molar-refractivity contribution >= 4 is 11.5 Å². The predicted molar refractivity (Wildman–Crippen MR) is 66.6 cm³/mol. The minimum absolute atomic E-state index is 0.327. The molecule has 2 nitrogen and oxygen atoms in total. The van der Waals surface area contributed by atoms with Crippen molar-refractivity contribution in [3.8, 4) is 0 Å². The molecule has 1 radical (unpaired) electrons. The highest BCUT2D eigenvalue weighted by atomic mass is 16.1. The molecule has 0 aromatic heterocycles. The molecule has 0 fully saturated rings. The molecule has 0 aliphatic carbocycles. The fourth-order valence-electron chi connectivity index (χ4n) is 2.21. The van der Waals surface area contributed by atoms with Crippen LogP contribution >= 0.6 is 0 Å². The van der Waals surface area contributed by atoms with E-state index >= 15 is 0 Å². The lowest BCUT2D eigenvalue weighted by molar-refractivity contribution is -0.117. The van der Waals surface area contributed by atoms with Crippen LogP contribution in [0.5, 0.6) is 0 Å². The molecule has 0 bridgehead atoms. The van der Waals surface area contributed by atoms with Gasteiger partial charge in [0.2, 0.25) is 0 Å². The van der Waals surface area contributed by atoms with Crippen LogP contribution in [0.15, 0.2) is 24.3 Å². The third kappa shape index (κ3) is 2.43. The van der Waals surface area contributed by atoms with Crippen LogP contribution in [0.25, 0.3) is 0 Å². The quantitative estimate of drug-likeness (QED) is 0.721. The van der Waals surface area contributed by atoms with Crippen molar-refractivity contribution in [3.05, 3.63) is 36.8 Å². The summed E-state index contributed by atoms with van der Waals surface area (Å²) in [5.41, 5.74) is 2.42. The molecule has 0 N–H and O–H groups in total. The normalized spacial score (nSPS) is 15.1. The Morgan fingerprint density at radius 2 is 2.06 bits per heavy atom. The topological polar surface area (TPSA) is 20.3 Å². The number of nitrogens with zero attached hydrogens (tertiary/aromatic N) is 1. The Kier molecular flexibility index (Phi) is 3.60. The van der Waals surface area contributed by atoms with E-state index < -0.39 is 0 Å². The van der Waals surface area contributed by atoms with Crippen LogP contribution < -0.4 is 4.90 Å². The van der Waals surface area contributed by atoms with Crippen LogP contribution in [0, 0.1) is 6.92 Å². The van der Waals surface area contributed by atoms with Gasteiger partial charge in [0.25, 0.3) is 0 Å². The first-order valence-electron chi connectivity index (χ1n) is 5.95. The summed E-state index contributed by atoms with van der Waals surface area (Å²) in [6, 6.07) is 8.22. The maximum Gasteiger partial charge on any atom is 0.156 e. The first-order valence-corrected chi connectivity index (χ1v) is 5.95. The van der Waals surface area contributed by atoms with Crippen LogP contribution in [-0.4, -0.2) is 18.9 Å². The molecule has 0 spiro atoms. The van der Waals surface area contributed by atoms with E-state index in [9.17, 15) is 4.79 Å². The van der Waals surface area contributed by atoms with Crippen molar-refractivity contribution in [2.75, 3.05) is 18.0 Å². The summed E-state index contributed by atoms with van der Waals surface area (Å²) in [6.07, 6.45) is 3.82. The fourth-order valence-corrected chi connectivity index (χ4v) is 2.21. The third-order valence-electron chi connectivity index (χ3n) is 3.02. The largest absolute Gasteiger partial charge is 0.364 e. The number of ketones is 1. The summed E-state index contributed by atoms with van der Waals surface area (Å²) >= 11 is 0. The van der Waals surface area contributed by atoms with Gasteiger partial charge in [-0.1, -0.05) is 38.0 Å². The molecule has 0 atom stereocenters. The molecule has 1 heterocycles. The number of rotatable bonds is 4. The maximum absolute atomic E-state index is 11.6. The van der Waals surface area contributed by atoms with Crippen molar-refractivity contribution in [2.24, 2.45) is 0 Å². The fraction of sp³-hybridized carbons (Fsp3) is 0.429. The van der Waals surface area contributed by atoms with Gasteiger partial charge < -0.3 is 4.90 Å². The number of para-hydroxylation sites is 1. The molecule has 2 rings (SSSR count). The van der Waals surface area contributed by atoms with E-state index in [0.29, 0.717) is 18.7 Å². The highest BCUT2D eigenvalue weighted by Crippen LogP contribution is 2.25. The zero-order valence-corrected chi connectivity index (χ0v) is 9.61. The number of benzene rings is 1. The highest BCUT2D eigenvalue weighted by molar-refractivity contribution is 5.90. The summed E-state index contributed by atoms with van der Waals surface area (Å²) in [6.45, 7) is 5.39. The molecule has 1 aromatic rings. The van der Waals surface area contributed by atoms with E-state index in [4.69, 9.17) is 0 Å². The monoisotopic (exact) mass is 216 g/mol. The van der Waals surface area contributed by atoms with Gasteiger partial charge in [0.1, 0.15) is 0 Å². The van der Waals surface area contributed by atoms with Gasteiger partial charge >= 0.3 is 0 Å². The molecule has 16 heavy (non-hydrogen) atoms. The van der Waals surface area contributed by atoms with Crippen LogP contribution in [0.1, 0.15) is 24.8 Å². The zero-order chi connectivity index (χ0) is 11.4. The van der Waals surface area contributed by atoms with Crippen molar-refractivity contribution < 1.29 is 4.79 Å². The Hall–Kier alpha value is -1.31. The predicted octanol–water partition coefficient (Wildman–Crippen LogP) is 2.62. The Labute approximate surface area is 97.3 Å². The summed E-state index contributed by atoms with van der Waals surface area (Å²) in [5, 5.41) is 0. The van der Waals surface area contributed by atoms with Gasteiger partial charge in [0.15, 0.2) is 5.78 Å². The van der Waals surface area contributed by atoms with E-state index in [1.807, 2.05) is 12.1 Å². The smallest absolute Gasteiger partial charge is 0.156 e. The Balaban J connectivity index is 2.10. The Morgan fingerprint density at radius 1 is 1.25 bits per heavy atom. The number of fused-ring (bicyclic) bond motifs is 1. The summed E-state index contributed by atoms with van der Waals surface area (Å²) in [5.74, 6) is 0.327. The van der Waals surface area contributed by atoms with Gasteiger partial charge in [0, 0.05) is 18.7 Å². The van der Waals surface area contributed by atoms with E-state index in [2.05, 4.69) is 24.0 Å². The molecule has 0 saturated carbocycles. The molecule has 0 saturated heterocycles. The van der Waals surface area contributed by atoms with Crippen molar-refractivity contribution in [1.29, 1.82) is 0 Å². The van der Waals surface area contributed by atoms with Gasteiger partial charge in [0.05, 0.1) is 6.54 Å². The molecule has 1 aromatic carbocycles. The van der Waals surface area contributed by atoms with Crippen molar-refractivity contribution in [1.82, 2.24) is 0 Å². The first-order chi connectivity index (χ1) is 7.81. The van der Waals surface area contributed by atoms with E-state index in [1.54, 1.807) is 0 Å². The van der Waals surface area contributed by atoms with E-state index in [0.717, 1.165) is 25.8 Å². The van der Waals surface area contributed by atoms with Crippen LogP contribution in [-0.2, 0) is 11.2 Å². The lowest BCUT2D eigenvalue weighted by Crippen LogP contribution is -2.36. The molecule has 1 aliphatic rings. The van der Waals surface area contributed by atoms with Gasteiger partial charge in [-0.3, -0.25) is 4.79 Å². The van der Waals surface area contributed by atoms with E-state index in [-0.39, 0.29) is 0 Å². The van der Waals surface area contributed by atoms with Crippen molar-refractivity contribution in [2.45, 2.75) is 25.7 Å². The number of carbonyl (C=O) groups is 1. The molecule has 2 heteroatoms. The second-order valence-corrected chi connectivity index (χ2v) is 4.33. The van der Waals surface area contributed by atoms with Crippen molar-refractivity contribution in [3.63, 3.8) is 0 Å². The van der Waals surface area contributed by atoms with E-state index in [1.165, 1.54) is 11.3 Å². The minimum atomic E-state index is 0.327. The van der Waals surface area contributed by atoms with Gasteiger partial charge in [-0.25, -0.2) is 0 Å². The molecule has 0 amide bonds. The number of hydrogen-bond acceptors (Lipinski definition) is 2. The third-order valence-corrected chi connectivity index (χ3v) is 3.02. The summed E-state index contributed by atoms with van der Waals surface area (Å²) in [7, 11) is 0. The lowest BCUT2D eigenvalue weighted by atomic mass is 10.0. The number of hydrogen-bond donors (Lipinski definition) is 0. The number of Topliss-reactive ketones (excluding diaryl/α,β-unsaturated/α-hetero) is 1. The molecule has 0 unspecified atom stereocenters. The van der Waals surface area contributed by atoms with Crippen LogP contribution in [0.4, 0.5) is 5.69 Å². The Morgan fingerprint density at radius 3 is 2.88 bits per heavy atom. The summed E-state index contributed by atoms with van der Waals surface area (Å²) in [4.78, 5) is 13.8. The van der Waals surface area contributed by atoms with Crippen LogP contribution in [0.3, 0.4) is 0 Å². The average molecular weight is 216 g/mol. The van der Waals surface area contributed by atoms with Gasteiger partial charge in [-0.05, 0) is 18.1 Å². The average Bonchev–Trinajstić information content (AvgIpc) is 2.29. The van der Waals surface area contributed by atoms with Crippen LogP contribution in [0.2, 0.25) is 0 Å². The second-order valence-electron chi connectivity index (χ2n) is 4.33. The standard InChI is InChI=1S/C14H18NO/c1-2-3-6-9-15-11-13(16)10-12-7-4-5-8-14(12)15/h4-5,7-8H,1-3,6,9-11H2. The number of unbranched alkanes of at least 4 members (excludes halogenated alkanes) is 2. The molecule has 1 aliphatic heterocycles. The summed E-state index contributed by atoms with van der Waals surface area (Å²) < 4.78 is 0. The second kappa shape index (κ2) is 5.15. The number of anilines is 1. The van der Waals surface area contributed by atoms with Gasteiger partial charge in [-0.2, -0.15) is 0 Å². The molecule has 85 valence electrons. The number of carbonyl (C=O) groups excluding carboxylic acids is 1. The molecular formula is C14H18NO. The van der Waals surface area contributed by atoms with Gasteiger partial charge in [-0.15, -0.1) is 0 Å². The minimum Gasteiger partial charge on any atom is -0.364 e. The first kappa shape index (κ1) is 11.2. The zero-order valence-electron chi connectivity index (χ0n) is 9.61. The maximum atomic E-state index is 11.6. The SMILES string of the molecule is [CH2]CCCCN1CC(=O)Cc2ccccc21. The lowest BCUT2D eigenvalue weighted by Gasteiger charge is -2.30. The molecular weight excluding hydrogens is 198 g/mol. The highest BCUT2D eigenvalue weighted by Gasteiger charge is 2.20.